The van der Waals surface area contributed by atoms with Gasteiger partial charge in [0.1, 0.15) is 15.8 Å². The Hall–Kier alpha value is -1.80. The van der Waals surface area contributed by atoms with E-state index in [-0.39, 0.29) is 10.8 Å². The van der Waals surface area contributed by atoms with Gasteiger partial charge in [0.25, 0.3) is 0 Å². The molecule has 32 heavy (non-hydrogen) atoms. The lowest BCUT2D eigenvalue weighted by atomic mass is 10.0. The number of hydrogen-bond acceptors (Lipinski definition) is 0. The van der Waals surface area contributed by atoms with Crippen molar-refractivity contribution in [2.45, 2.75) is 23.7 Å². The van der Waals surface area contributed by atoms with E-state index in [0.717, 1.165) is 30.3 Å². The van der Waals surface area contributed by atoms with E-state index in [0.29, 0.717) is 18.2 Å². The van der Waals surface area contributed by atoms with Crippen LogP contribution in [0.25, 0.3) is 21.5 Å². The van der Waals surface area contributed by atoms with E-state index >= 15 is 0 Å². The fraction of sp³-hybridized carbons (Fsp3) is 0.222. The molecule has 0 aliphatic rings. The van der Waals surface area contributed by atoms with E-state index in [9.17, 15) is 52.7 Å². The molecule has 0 N–H and O–H groups in total. The van der Waals surface area contributed by atoms with Gasteiger partial charge in [-0.3, -0.25) is 0 Å². The van der Waals surface area contributed by atoms with Crippen LogP contribution < -0.4 is 10.6 Å². The van der Waals surface area contributed by atoms with Gasteiger partial charge < -0.3 is 0 Å². The average Bonchev–Trinajstić information content (AvgIpc) is 2.56. The predicted octanol–water partition coefficient (Wildman–Crippen LogP) is 8.29. The SMILES string of the molecule is FC(F)(F)P(c1cccc2cc3cccc(P(C(F)(F)F)C(F)(F)F)c3cc12)C(F)(F)F. The third-order valence-corrected chi connectivity index (χ3v) is 8.10. The van der Waals surface area contributed by atoms with Crippen molar-refractivity contribution < 1.29 is 52.7 Å². The van der Waals surface area contributed by atoms with E-state index in [2.05, 4.69) is 0 Å². The van der Waals surface area contributed by atoms with E-state index in [4.69, 9.17) is 0 Å². The van der Waals surface area contributed by atoms with Gasteiger partial charge in [0, 0.05) is 10.6 Å². The van der Waals surface area contributed by atoms with Gasteiger partial charge in [-0.1, -0.05) is 36.4 Å². The van der Waals surface area contributed by atoms with Crippen LogP contribution in [0, 0.1) is 0 Å². The number of hydrogen-bond donors (Lipinski definition) is 0. The smallest absolute Gasteiger partial charge is 0.166 e. The molecule has 0 aliphatic heterocycles. The zero-order chi connectivity index (χ0) is 24.3. The number of halogens is 12. The van der Waals surface area contributed by atoms with Gasteiger partial charge in [0.2, 0.25) is 0 Å². The first-order chi connectivity index (χ1) is 14.4. The Bertz CT molecular complexity index is 1030. The van der Waals surface area contributed by atoms with Crippen LogP contribution in [-0.2, 0) is 0 Å². The molecule has 0 saturated carbocycles. The largest absolute Gasteiger partial charge is 0.418 e. The molecule has 3 rings (SSSR count). The van der Waals surface area contributed by atoms with Crippen LogP contribution in [0.2, 0.25) is 0 Å². The average molecular weight is 514 g/mol. The monoisotopic (exact) mass is 514 g/mol. The first-order valence-corrected chi connectivity index (χ1v) is 10.9. The van der Waals surface area contributed by atoms with Crippen LogP contribution >= 0.6 is 15.8 Å². The molecule has 0 bridgehead atoms. The highest BCUT2D eigenvalue weighted by molar-refractivity contribution is 7.68. The molecule has 0 spiro atoms. The van der Waals surface area contributed by atoms with Crippen molar-refractivity contribution in [3.05, 3.63) is 48.5 Å². The summed E-state index contributed by atoms with van der Waals surface area (Å²) in [4.78, 5) is 0. The summed E-state index contributed by atoms with van der Waals surface area (Å²) in [6, 6.07) is 6.66. The molecule has 0 atom stereocenters. The second-order valence-corrected chi connectivity index (χ2v) is 10.7. The Kier molecular flexibility index (Phi) is 6.13. The molecule has 0 saturated heterocycles. The third kappa shape index (κ3) is 4.76. The number of alkyl halides is 12. The van der Waals surface area contributed by atoms with Gasteiger partial charge in [0.05, 0.1) is 0 Å². The molecule has 0 aliphatic carbocycles. The van der Waals surface area contributed by atoms with Gasteiger partial charge in [-0.15, -0.1) is 0 Å². The molecular weight excluding hydrogens is 506 g/mol. The Morgan fingerprint density at radius 2 is 0.750 bits per heavy atom. The number of fused-ring (bicyclic) bond motifs is 2. The summed E-state index contributed by atoms with van der Waals surface area (Å²) in [5.74, 6) is -22.9. The Morgan fingerprint density at radius 3 is 1.03 bits per heavy atom. The molecule has 0 nitrogen and oxygen atoms in total. The molecule has 3 aromatic rings. The molecule has 14 heteroatoms. The molecule has 174 valence electrons. The highest BCUT2D eigenvalue weighted by Gasteiger charge is 2.59. The summed E-state index contributed by atoms with van der Waals surface area (Å²) >= 11 is 0. The van der Waals surface area contributed by atoms with Crippen LogP contribution in [0.4, 0.5) is 52.7 Å². The van der Waals surface area contributed by atoms with Gasteiger partial charge in [-0.2, -0.15) is 52.7 Å². The Balaban J connectivity index is 2.41. The summed E-state index contributed by atoms with van der Waals surface area (Å²) in [6.07, 6.45) is 0. The first-order valence-electron chi connectivity index (χ1n) is 8.25. The van der Waals surface area contributed by atoms with Gasteiger partial charge >= 0.3 is 23.7 Å². The van der Waals surface area contributed by atoms with Crippen molar-refractivity contribution in [3.63, 3.8) is 0 Å². The fourth-order valence-electron chi connectivity index (χ4n) is 3.24. The summed E-state index contributed by atoms with van der Waals surface area (Å²) < 4.78 is 159. The zero-order valence-electron chi connectivity index (χ0n) is 15.0. The predicted molar refractivity (Wildman–Crippen MR) is 98.8 cm³/mol. The standard InChI is InChI=1S/C18H8F12P2/c19-15(20,21)31(16(22,23)24)13-5-1-3-9-7-10-4-2-6-14(12(10)8-11(9)13)32(17(25,26)27)18(28,29)30/h1-8H. The Morgan fingerprint density at radius 1 is 0.438 bits per heavy atom. The minimum atomic E-state index is -5.74. The number of benzene rings is 3. The topological polar surface area (TPSA) is 0 Å². The van der Waals surface area contributed by atoms with Crippen LogP contribution in [0.5, 0.6) is 0 Å². The maximum Gasteiger partial charge on any atom is 0.418 e. The summed E-state index contributed by atoms with van der Waals surface area (Å²) in [5.41, 5.74) is 0. The van der Waals surface area contributed by atoms with Crippen molar-refractivity contribution in [1.29, 1.82) is 0 Å². The molecule has 0 unspecified atom stereocenters. The molecule has 0 radical (unpaired) electrons. The van der Waals surface area contributed by atoms with Crippen molar-refractivity contribution in [1.82, 2.24) is 0 Å². The third-order valence-electron chi connectivity index (χ3n) is 4.33. The normalized spacial score (nSPS) is 14.2. The molecule has 0 fully saturated rings. The highest BCUT2D eigenvalue weighted by atomic mass is 31.1. The Labute approximate surface area is 173 Å². The second-order valence-electron chi connectivity index (χ2n) is 6.39. The van der Waals surface area contributed by atoms with Gasteiger partial charge in [0.15, 0.2) is 0 Å². The lowest BCUT2D eigenvalue weighted by molar-refractivity contribution is -0.0828. The molecule has 0 amide bonds. The van der Waals surface area contributed by atoms with Crippen LogP contribution in [-0.4, -0.2) is 23.7 Å². The van der Waals surface area contributed by atoms with Gasteiger partial charge in [-0.05, 0) is 33.7 Å². The first kappa shape index (κ1) is 24.8. The summed E-state index contributed by atoms with van der Waals surface area (Å²) in [6.45, 7) is 0. The van der Waals surface area contributed by atoms with Crippen molar-refractivity contribution in [3.8, 4) is 0 Å². The minimum absolute atomic E-state index is 0.184. The maximum absolute atomic E-state index is 13.3. The van der Waals surface area contributed by atoms with Crippen molar-refractivity contribution in [2.75, 3.05) is 0 Å². The van der Waals surface area contributed by atoms with E-state index in [1.807, 2.05) is 0 Å². The molecule has 0 aromatic heterocycles. The molecule has 3 aromatic carbocycles. The minimum Gasteiger partial charge on any atom is -0.166 e. The maximum atomic E-state index is 13.3. The summed E-state index contributed by atoms with van der Waals surface area (Å²) in [5, 5.41) is -4.30. The fourth-order valence-corrected chi connectivity index (χ4v) is 6.25. The summed E-state index contributed by atoms with van der Waals surface area (Å²) in [7, 11) is -9.60. The van der Waals surface area contributed by atoms with E-state index in [1.165, 1.54) is 0 Å². The highest BCUT2D eigenvalue weighted by Crippen LogP contribution is 2.65. The van der Waals surface area contributed by atoms with Crippen LogP contribution in [0.1, 0.15) is 0 Å². The van der Waals surface area contributed by atoms with E-state index < -0.39 is 60.9 Å². The van der Waals surface area contributed by atoms with Crippen LogP contribution in [0.15, 0.2) is 48.5 Å². The second kappa shape index (κ2) is 7.90. The number of rotatable bonds is 2. The van der Waals surface area contributed by atoms with Crippen LogP contribution in [0.3, 0.4) is 0 Å². The van der Waals surface area contributed by atoms with E-state index in [1.54, 1.807) is 0 Å². The zero-order valence-corrected chi connectivity index (χ0v) is 16.8. The lowest BCUT2D eigenvalue weighted by Gasteiger charge is -2.26. The van der Waals surface area contributed by atoms with Crippen molar-refractivity contribution >= 4 is 48.0 Å². The molecule has 0 heterocycles. The van der Waals surface area contributed by atoms with Gasteiger partial charge in [-0.25, -0.2) is 0 Å². The van der Waals surface area contributed by atoms with Crippen molar-refractivity contribution in [2.24, 2.45) is 0 Å². The quantitative estimate of drug-likeness (QED) is 0.184. The molecular formula is C18H8F12P2. The lowest BCUT2D eigenvalue weighted by Crippen LogP contribution is -2.27.